The van der Waals surface area contributed by atoms with Crippen molar-refractivity contribution < 1.29 is 23.8 Å². The van der Waals surface area contributed by atoms with Crippen molar-refractivity contribution in [3.63, 3.8) is 0 Å². The first-order chi connectivity index (χ1) is 21.6. The Bertz CT molecular complexity index is 593. The lowest BCUT2D eigenvalue weighted by molar-refractivity contribution is -0.161. The van der Waals surface area contributed by atoms with E-state index in [1.807, 2.05) is 0 Å². The van der Waals surface area contributed by atoms with Crippen LogP contribution in [0.2, 0.25) is 0 Å². The lowest BCUT2D eigenvalue weighted by Gasteiger charge is -2.17. The molecule has 0 rings (SSSR count). The van der Waals surface area contributed by atoms with Gasteiger partial charge in [-0.1, -0.05) is 187 Å². The molecule has 0 aromatic heterocycles. The molecule has 0 bridgehead atoms. The van der Waals surface area contributed by atoms with Crippen LogP contribution in [0.15, 0.2) is 0 Å². The molecule has 0 aliphatic carbocycles. The van der Waals surface area contributed by atoms with Crippen molar-refractivity contribution in [1.82, 2.24) is 0 Å². The number of hydrogen-bond acceptors (Lipinski definition) is 5. The van der Waals surface area contributed by atoms with Gasteiger partial charge in [-0.15, -0.1) is 0 Å². The summed E-state index contributed by atoms with van der Waals surface area (Å²) in [5, 5.41) is 0. The summed E-state index contributed by atoms with van der Waals surface area (Å²) in [6.45, 7) is 6.95. The van der Waals surface area contributed by atoms with Gasteiger partial charge in [0.1, 0.15) is 6.61 Å². The molecule has 0 N–H and O–H groups in total. The Labute approximate surface area is 274 Å². The highest BCUT2D eigenvalue weighted by Crippen LogP contribution is 2.15. The molecule has 0 amide bonds. The Morgan fingerprint density at radius 3 is 1.16 bits per heavy atom. The molecule has 0 radical (unpaired) electrons. The number of carbonyl (C=O) groups excluding carboxylic acids is 2. The monoisotopic (exact) mass is 625 g/mol. The SMILES string of the molecule is CCCCCCCCCCCCCCCCCC(=O)OC[C@@H](COCCCCCCCCCCCCCCCC)OC(C)=O. The van der Waals surface area contributed by atoms with E-state index < -0.39 is 6.10 Å². The second-order valence-corrected chi connectivity index (χ2v) is 13.3. The maximum atomic E-state index is 12.2. The van der Waals surface area contributed by atoms with Gasteiger partial charge in [0.2, 0.25) is 0 Å². The second-order valence-electron chi connectivity index (χ2n) is 13.3. The number of hydrogen-bond donors (Lipinski definition) is 0. The van der Waals surface area contributed by atoms with Crippen LogP contribution in [0.1, 0.15) is 213 Å². The van der Waals surface area contributed by atoms with E-state index in [9.17, 15) is 9.59 Å². The number of ether oxygens (including phenoxy) is 3. The molecule has 0 aliphatic heterocycles. The molecule has 0 spiro atoms. The van der Waals surface area contributed by atoms with Crippen LogP contribution in [0.5, 0.6) is 0 Å². The van der Waals surface area contributed by atoms with Crippen molar-refractivity contribution >= 4 is 11.9 Å². The first-order valence-electron chi connectivity index (χ1n) is 19.5. The van der Waals surface area contributed by atoms with Crippen LogP contribution in [0.3, 0.4) is 0 Å². The molecule has 44 heavy (non-hydrogen) atoms. The maximum absolute atomic E-state index is 12.2. The minimum Gasteiger partial charge on any atom is -0.462 e. The summed E-state index contributed by atoms with van der Waals surface area (Å²) in [4.78, 5) is 23.7. The van der Waals surface area contributed by atoms with E-state index in [1.54, 1.807) is 0 Å². The van der Waals surface area contributed by atoms with Crippen LogP contribution in [-0.4, -0.2) is 37.9 Å². The van der Waals surface area contributed by atoms with Gasteiger partial charge in [0.25, 0.3) is 0 Å². The van der Waals surface area contributed by atoms with Crippen molar-refractivity contribution in [2.45, 2.75) is 219 Å². The van der Waals surface area contributed by atoms with Gasteiger partial charge in [-0.05, 0) is 12.8 Å². The summed E-state index contributed by atoms with van der Waals surface area (Å²) in [5.41, 5.74) is 0. The first kappa shape index (κ1) is 42.9. The minimum atomic E-state index is -0.524. The lowest BCUT2D eigenvalue weighted by Crippen LogP contribution is -2.29. The average Bonchev–Trinajstić information content (AvgIpc) is 3.01. The number of esters is 2. The van der Waals surface area contributed by atoms with Crippen molar-refractivity contribution in [2.75, 3.05) is 19.8 Å². The van der Waals surface area contributed by atoms with E-state index in [1.165, 1.54) is 174 Å². The predicted octanol–water partition coefficient (Wildman–Crippen LogP) is 12.2. The van der Waals surface area contributed by atoms with E-state index in [4.69, 9.17) is 14.2 Å². The standard InChI is InChI=1S/C39H76O5/c1-4-6-8-10-12-14-16-18-20-21-23-25-27-29-31-33-39(41)43-36-38(44-37(3)40)35-42-34-32-30-28-26-24-22-19-17-15-13-11-9-7-5-2/h38H,4-36H2,1-3H3/t38-/m1/s1. The Morgan fingerprint density at radius 1 is 0.455 bits per heavy atom. The van der Waals surface area contributed by atoms with Gasteiger partial charge in [0.05, 0.1) is 6.61 Å². The third-order valence-electron chi connectivity index (χ3n) is 8.69. The van der Waals surface area contributed by atoms with Crippen LogP contribution in [0, 0.1) is 0 Å². The molecule has 0 aliphatic rings. The largest absolute Gasteiger partial charge is 0.462 e. The van der Waals surface area contributed by atoms with E-state index >= 15 is 0 Å². The molecule has 0 heterocycles. The summed E-state index contributed by atoms with van der Waals surface area (Å²) < 4.78 is 16.5. The predicted molar refractivity (Wildman–Crippen MR) is 187 cm³/mol. The molecular weight excluding hydrogens is 548 g/mol. The van der Waals surface area contributed by atoms with Crippen LogP contribution in [0.4, 0.5) is 0 Å². The molecule has 0 unspecified atom stereocenters. The topological polar surface area (TPSA) is 61.8 Å². The number of unbranched alkanes of at least 4 members (excludes halogenated alkanes) is 27. The Hall–Kier alpha value is -1.10. The van der Waals surface area contributed by atoms with Gasteiger partial charge in [-0.25, -0.2) is 0 Å². The molecule has 5 nitrogen and oxygen atoms in total. The van der Waals surface area contributed by atoms with Crippen molar-refractivity contribution in [1.29, 1.82) is 0 Å². The second kappa shape index (κ2) is 36.4. The third kappa shape index (κ3) is 35.4. The van der Waals surface area contributed by atoms with Gasteiger partial charge in [0, 0.05) is 20.0 Å². The van der Waals surface area contributed by atoms with E-state index in [2.05, 4.69) is 13.8 Å². The Balaban J connectivity index is 3.58. The van der Waals surface area contributed by atoms with E-state index in [0.29, 0.717) is 13.0 Å². The fourth-order valence-corrected chi connectivity index (χ4v) is 5.86. The summed E-state index contributed by atoms with van der Waals surface area (Å²) in [7, 11) is 0. The van der Waals surface area contributed by atoms with Crippen LogP contribution in [0.25, 0.3) is 0 Å². The quantitative estimate of drug-likeness (QED) is 0.0512. The Kier molecular flexibility index (Phi) is 35.5. The molecule has 0 aromatic carbocycles. The fourth-order valence-electron chi connectivity index (χ4n) is 5.86. The number of carbonyl (C=O) groups is 2. The third-order valence-corrected chi connectivity index (χ3v) is 8.69. The van der Waals surface area contributed by atoms with Crippen LogP contribution in [-0.2, 0) is 23.8 Å². The molecule has 5 heteroatoms. The van der Waals surface area contributed by atoms with Gasteiger partial charge in [0.15, 0.2) is 6.10 Å². The zero-order chi connectivity index (χ0) is 32.2. The molecule has 1 atom stereocenters. The van der Waals surface area contributed by atoms with Crippen LogP contribution >= 0.6 is 0 Å². The van der Waals surface area contributed by atoms with Crippen molar-refractivity contribution in [3.05, 3.63) is 0 Å². The maximum Gasteiger partial charge on any atom is 0.305 e. The lowest BCUT2D eigenvalue weighted by atomic mass is 10.0. The highest BCUT2D eigenvalue weighted by atomic mass is 16.6. The summed E-state index contributed by atoms with van der Waals surface area (Å²) >= 11 is 0. The van der Waals surface area contributed by atoms with E-state index in [0.717, 1.165) is 19.3 Å². The molecule has 0 saturated heterocycles. The highest BCUT2D eigenvalue weighted by molar-refractivity contribution is 5.69. The molecule has 262 valence electrons. The van der Waals surface area contributed by atoms with Gasteiger partial charge >= 0.3 is 11.9 Å². The smallest absolute Gasteiger partial charge is 0.305 e. The normalized spacial score (nSPS) is 12.0. The molecular formula is C39H76O5. The number of rotatable bonds is 36. The summed E-state index contributed by atoms with van der Waals surface area (Å²) in [6.07, 6.45) is 38.1. The highest BCUT2D eigenvalue weighted by Gasteiger charge is 2.15. The van der Waals surface area contributed by atoms with E-state index in [-0.39, 0.29) is 25.2 Å². The molecule has 0 fully saturated rings. The van der Waals surface area contributed by atoms with Gasteiger partial charge in [-0.3, -0.25) is 9.59 Å². The zero-order valence-electron chi connectivity index (χ0n) is 30.0. The summed E-state index contributed by atoms with van der Waals surface area (Å²) in [6, 6.07) is 0. The van der Waals surface area contributed by atoms with Gasteiger partial charge < -0.3 is 14.2 Å². The molecule has 0 aromatic rings. The Morgan fingerprint density at radius 2 is 0.795 bits per heavy atom. The summed E-state index contributed by atoms with van der Waals surface area (Å²) in [5.74, 6) is -0.572. The van der Waals surface area contributed by atoms with Crippen molar-refractivity contribution in [3.8, 4) is 0 Å². The van der Waals surface area contributed by atoms with Gasteiger partial charge in [-0.2, -0.15) is 0 Å². The minimum absolute atomic E-state index is 0.0793. The van der Waals surface area contributed by atoms with Crippen LogP contribution < -0.4 is 0 Å². The zero-order valence-corrected chi connectivity index (χ0v) is 30.0. The first-order valence-corrected chi connectivity index (χ1v) is 19.5. The average molecular weight is 625 g/mol. The van der Waals surface area contributed by atoms with Crippen molar-refractivity contribution in [2.24, 2.45) is 0 Å². The molecule has 0 saturated carbocycles. The fraction of sp³-hybridized carbons (Fsp3) is 0.949.